The molecule has 1 unspecified atom stereocenters. The van der Waals surface area contributed by atoms with E-state index in [-0.39, 0.29) is 35.7 Å². The Morgan fingerprint density at radius 1 is 1.90 bits per heavy atom. The summed E-state index contributed by atoms with van der Waals surface area (Å²) in [6, 6.07) is 0. The van der Waals surface area contributed by atoms with Gasteiger partial charge in [-0.25, -0.2) is 0 Å². The Morgan fingerprint density at radius 2 is 2.40 bits per heavy atom. The Morgan fingerprint density at radius 3 is 2.70 bits per heavy atom. The Kier molecular flexibility index (Phi) is 9.02. The van der Waals surface area contributed by atoms with Gasteiger partial charge in [-0.3, -0.25) is 0 Å². The molecule has 0 saturated heterocycles. The Bertz CT molecular complexity index is 114. The number of rotatable bonds is 3. The van der Waals surface area contributed by atoms with Crippen molar-refractivity contribution in [1.82, 2.24) is 0 Å². The molecule has 1 atom stereocenters. The van der Waals surface area contributed by atoms with E-state index in [1.807, 2.05) is 0 Å². The number of ether oxygens (including phenoxy) is 1. The molecular weight excluding hydrogens is 143 g/mol. The molecule has 0 spiro atoms. The SMILES string of the molecule is C=CCC(C)OC(=O)[O-].[Na+]. The summed E-state index contributed by atoms with van der Waals surface area (Å²) in [5.41, 5.74) is 0. The fraction of sp³-hybridized carbons (Fsp3) is 0.500. The maximum Gasteiger partial charge on any atom is 1.00 e. The molecule has 0 bridgehead atoms. The third kappa shape index (κ3) is 8.01. The van der Waals surface area contributed by atoms with Gasteiger partial charge in [0.1, 0.15) is 0 Å². The monoisotopic (exact) mass is 152 g/mol. The zero-order valence-electron chi connectivity index (χ0n) is 6.29. The van der Waals surface area contributed by atoms with Gasteiger partial charge < -0.3 is 14.6 Å². The van der Waals surface area contributed by atoms with Crippen LogP contribution in [0.5, 0.6) is 0 Å². The first-order chi connectivity index (χ1) is 4.16. The minimum Gasteiger partial charge on any atom is -0.546 e. The van der Waals surface area contributed by atoms with Gasteiger partial charge >= 0.3 is 29.6 Å². The van der Waals surface area contributed by atoms with Crippen LogP contribution in [0.15, 0.2) is 12.7 Å². The summed E-state index contributed by atoms with van der Waals surface area (Å²) < 4.78 is 4.22. The van der Waals surface area contributed by atoms with Crippen LogP contribution in [-0.4, -0.2) is 12.3 Å². The van der Waals surface area contributed by atoms with Gasteiger partial charge in [-0.15, -0.1) is 6.58 Å². The van der Waals surface area contributed by atoms with Crippen molar-refractivity contribution in [2.75, 3.05) is 0 Å². The molecule has 0 aliphatic rings. The van der Waals surface area contributed by atoms with Crippen molar-refractivity contribution in [2.24, 2.45) is 0 Å². The number of hydrogen-bond donors (Lipinski definition) is 0. The summed E-state index contributed by atoms with van der Waals surface area (Å²) in [7, 11) is 0. The zero-order valence-corrected chi connectivity index (χ0v) is 8.29. The van der Waals surface area contributed by atoms with E-state index in [1.165, 1.54) is 0 Å². The average molecular weight is 152 g/mol. The van der Waals surface area contributed by atoms with Crippen LogP contribution in [-0.2, 0) is 4.74 Å². The van der Waals surface area contributed by atoms with Crippen molar-refractivity contribution in [3.8, 4) is 0 Å². The molecule has 0 aromatic rings. The van der Waals surface area contributed by atoms with Crippen molar-refractivity contribution in [2.45, 2.75) is 19.4 Å². The predicted octanol–water partition coefficient (Wildman–Crippen LogP) is -2.69. The summed E-state index contributed by atoms with van der Waals surface area (Å²) in [4.78, 5) is 9.72. The van der Waals surface area contributed by atoms with E-state index in [1.54, 1.807) is 13.0 Å². The topological polar surface area (TPSA) is 49.4 Å². The molecule has 0 aliphatic heterocycles. The molecule has 0 aliphatic carbocycles. The van der Waals surface area contributed by atoms with E-state index in [4.69, 9.17) is 0 Å². The van der Waals surface area contributed by atoms with Crippen LogP contribution in [0.4, 0.5) is 4.79 Å². The minimum atomic E-state index is -1.48. The maximum atomic E-state index is 9.72. The van der Waals surface area contributed by atoms with E-state index in [0.717, 1.165) is 0 Å². The van der Waals surface area contributed by atoms with Crippen LogP contribution in [0.3, 0.4) is 0 Å². The van der Waals surface area contributed by atoms with Crippen LogP contribution in [0.1, 0.15) is 13.3 Å². The van der Waals surface area contributed by atoms with Gasteiger partial charge in [-0.1, -0.05) is 6.08 Å². The molecule has 52 valence electrons. The number of hydrogen-bond acceptors (Lipinski definition) is 3. The number of carboxylic acid groups (broad SMARTS) is 1. The fourth-order valence-corrected chi connectivity index (χ4v) is 0.447. The second kappa shape index (κ2) is 7.12. The van der Waals surface area contributed by atoms with E-state index >= 15 is 0 Å². The quantitative estimate of drug-likeness (QED) is 0.251. The largest absolute Gasteiger partial charge is 1.00 e. The second-order valence-electron chi connectivity index (χ2n) is 1.70. The van der Waals surface area contributed by atoms with Gasteiger partial charge in [0, 0.05) is 6.10 Å². The molecule has 0 N–H and O–H groups in total. The standard InChI is InChI=1S/C6H10O3.Na/c1-3-4-5(2)9-6(7)8;/h3,5H,1,4H2,2H3,(H,7,8);/q;+1/p-1. The summed E-state index contributed by atoms with van der Waals surface area (Å²) in [6.07, 6.45) is 0.290. The molecule has 0 heterocycles. The second-order valence-corrected chi connectivity index (χ2v) is 1.70. The molecule has 3 nitrogen and oxygen atoms in total. The fourth-order valence-electron chi connectivity index (χ4n) is 0.447. The molecular formula is C6H9NaO3. The molecule has 0 aromatic heterocycles. The van der Waals surface area contributed by atoms with Gasteiger partial charge in [-0.2, -0.15) is 0 Å². The van der Waals surface area contributed by atoms with Crippen molar-refractivity contribution < 1.29 is 44.2 Å². The summed E-state index contributed by atoms with van der Waals surface area (Å²) in [6.45, 7) is 5.05. The van der Waals surface area contributed by atoms with Crippen LogP contribution < -0.4 is 34.7 Å². The van der Waals surface area contributed by atoms with Crippen LogP contribution in [0, 0.1) is 0 Å². The third-order valence-corrected chi connectivity index (χ3v) is 0.796. The molecule has 0 aromatic carbocycles. The summed E-state index contributed by atoms with van der Waals surface area (Å²) in [5, 5.41) is 9.72. The van der Waals surface area contributed by atoms with Crippen LogP contribution in [0.2, 0.25) is 0 Å². The normalized spacial score (nSPS) is 10.9. The van der Waals surface area contributed by atoms with Crippen molar-refractivity contribution in [1.29, 1.82) is 0 Å². The van der Waals surface area contributed by atoms with Gasteiger partial charge in [0.15, 0.2) is 0 Å². The number of carbonyl (C=O) groups is 1. The average Bonchev–Trinajstić information content (AvgIpc) is 1.63. The first-order valence-electron chi connectivity index (χ1n) is 2.65. The van der Waals surface area contributed by atoms with Crippen molar-refractivity contribution in [3.05, 3.63) is 12.7 Å². The Labute approximate surface area is 82.4 Å². The van der Waals surface area contributed by atoms with E-state index in [2.05, 4.69) is 11.3 Å². The molecule has 0 amide bonds. The molecule has 4 heteroatoms. The summed E-state index contributed by atoms with van der Waals surface area (Å²) >= 11 is 0. The van der Waals surface area contributed by atoms with Gasteiger partial charge in [0.25, 0.3) is 6.16 Å². The Hall–Kier alpha value is 0.0100. The van der Waals surface area contributed by atoms with Crippen molar-refractivity contribution >= 4 is 6.16 Å². The zero-order chi connectivity index (χ0) is 7.28. The van der Waals surface area contributed by atoms with Gasteiger partial charge in [0.2, 0.25) is 0 Å². The molecule has 0 rings (SSSR count). The third-order valence-electron chi connectivity index (χ3n) is 0.796. The molecule has 0 saturated carbocycles. The summed E-state index contributed by atoms with van der Waals surface area (Å²) in [5.74, 6) is 0. The molecule has 0 radical (unpaired) electrons. The van der Waals surface area contributed by atoms with Gasteiger partial charge in [0.05, 0.1) is 0 Å². The number of carbonyl (C=O) groups excluding carboxylic acids is 1. The maximum absolute atomic E-state index is 9.72. The van der Waals surface area contributed by atoms with E-state index < -0.39 is 6.16 Å². The van der Waals surface area contributed by atoms with E-state index in [9.17, 15) is 9.90 Å². The first-order valence-corrected chi connectivity index (χ1v) is 2.65. The van der Waals surface area contributed by atoms with Crippen LogP contribution in [0.25, 0.3) is 0 Å². The molecule has 10 heavy (non-hydrogen) atoms. The van der Waals surface area contributed by atoms with Crippen molar-refractivity contribution in [3.63, 3.8) is 0 Å². The molecule has 0 fully saturated rings. The van der Waals surface area contributed by atoms with Crippen LogP contribution >= 0.6 is 0 Å². The first kappa shape index (κ1) is 12.7. The van der Waals surface area contributed by atoms with Gasteiger partial charge in [-0.05, 0) is 13.3 Å². The Balaban J connectivity index is 0. The van der Waals surface area contributed by atoms with E-state index in [0.29, 0.717) is 6.42 Å². The smallest absolute Gasteiger partial charge is 0.546 e. The predicted molar refractivity (Wildman–Crippen MR) is 30.8 cm³/mol. The minimum absolute atomic E-state index is 0.